The second-order valence-corrected chi connectivity index (χ2v) is 8.43. The van der Waals surface area contributed by atoms with Crippen LogP contribution in [0.25, 0.3) is 0 Å². The molecule has 0 radical (unpaired) electrons. The van der Waals surface area contributed by atoms with Gasteiger partial charge < -0.3 is 20.1 Å². The van der Waals surface area contributed by atoms with Gasteiger partial charge in [-0.25, -0.2) is 0 Å². The van der Waals surface area contributed by atoms with Gasteiger partial charge in [0.05, 0.1) is 18.0 Å². The third kappa shape index (κ3) is 5.81. The summed E-state index contributed by atoms with van der Waals surface area (Å²) in [7, 11) is 0. The van der Waals surface area contributed by atoms with Gasteiger partial charge in [0.1, 0.15) is 31.5 Å². The topological polar surface area (TPSA) is 50.5 Å². The molecule has 2 heterocycles. The third-order valence-electron chi connectivity index (χ3n) is 5.32. The molecule has 26 heavy (non-hydrogen) atoms. The number of aliphatic hydroxyl groups is 1. The van der Waals surface area contributed by atoms with E-state index in [1.807, 2.05) is 41.7 Å². The van der Waals surface area contributed by atoms with Crippen LogP contribution in [0.3, 0.4) is 0 Å². The molecule has 1 aliphatic heterocycles. The standard InChI is InChI=1S/C21H30N2O2S/c1-17-9-11-23(12-10-17)20(21-8-5-13-26-21)15-22-14-18(24)16-25-19-6-3-2-4-7-19/h2-8,13,17-18,20,22,24H,9-12,14-16H2,1H3/p+2/t18-,20-/m1/s1. The van der Waals surface area contributed by atoms with Crippen molar-refractivity contribution in [3.63, 3.8) is 0 Å². The van der Waals surface area contributed by atoms with Gasteiger partial charge in [-0.1, -0.05) is 31.2 Å². The maximum Gasteiger partial charge on any atom is 0.172 e. The van der Waals surface area contributed by atoms with Gasteiger partial charge in [-0.05, 0) is 42.3 Å². The summed E-state index contributed by atoms with van der Waals surface area (Å²) in [6.07, 6.45) is 2.20. The highest BCUT2D eigenvalue weighted by Crippen LogP contribution is 2.17. The van der Waals surface area contributed by atoms with E-state index in [-0.39, 0.29) is 0 Å². The third-order valence-corrected chi connectivity index (χ3v) is 6.31. The number of ether oxygens (including phenoxy) is 1. The van der Waals surface area contributed by atoms with E-state index in [1.54, 1.807) is 4.90 Å². The minimum atomic E-state index is -0.449. The van der Waals surface area contributed by atoms with Crippen LogP contribution in [0.1, 0.15) is 30.7 Å². The lowest BCUT2D eigenvalue weighted by Gasteiger charge is -2.32. The minimum Gasteiger partial charge on any atom is -0.491 e. The molecule has 4 nitrogen and oxygen atoms in total. The molecular weight excluding hydrogens is 344 g/mol. The zero-order valence-electron chi connectivity index (χ0n) is 15.6. The number of nitrogens with one attached hydrogen (secondary N) is 1. The van der Waals surface area contributed by atoms with Crippen LogP contribution in [-0.4, -0.2) is 44.0 Å². The lowest BCUT2D eigenvalue weighted by molar-refractivity contribution is -0.950. The highest BCUT2D eigenvalue weighted by atomic mass is 32.1. The normalized spacial score (nSPS) is 22.7. The Morgan fingerprint density at radius 3 is 2.62 bits per heavy atom. The van der Waals surface area contributed by atoms with E-state index < -0.39 is 6.10 Å². The largest absolute Gasteiger partial charge is 0.491 e. The molecule has 0 aliphatic carbocycles. The average molecular weight is 377 g/mol. The van der Waals surface area contributed by atoms with Gasteiger partial charge in [-0.15, -0.1) is 11.3 Å². The number of hydrogen-bond acceptors (Lipinski definition) is 3. The van der Waals surface area contributed by atoms with E-state index in [2.05, 4.69) is 29.8 Å². The Bertz CT molecular complexity index is 612. The number of nitrogens with two attached hydrogens (primary N) is 1. The first-order valence-corrected chi connectivity index (χ1v) is 10.7. The van der Waals surface area contributed by atoms with Gasteiger partial charge in [0.25, 0.3) is 0 Å². The molecular formula is C21H32N2O2S+2. The molecule has 1 fully saturated rings. The average Bonchev–Trinajstić information content (AvgIpc) is 3.20. The molecule has 2 aromatic rings. The Hall–Kier alpha value is -1.40. The maximum absolute atomic E-state index is 10.2. The van der Waals surface area contributed by atoms with Crippen molar-refractivity contribution in [2.45, 2.75) is 31.9 Å². The van der Waals surface area contributed by atoms with Crippen molar-refractivity contribution in [3.05, 3.63) is 52.7 Å². The van der Waals surface area contributed by atoms with Crippen molar-refractivity contribution < 1.29 is 20.1 Å². The number of likely N-dealkylation sites (tertiary alicyclic amines) is 1. The first kappa shape index (κ1) is 19.4. The van der Waals surface area contributed by atoms with Crippen LogP contribution in [0, 0.1) is 5.92 Å². The zero-order chi connectivity index (χ0) is 18.2. The molecule has 4 N–H and O–H groups in total. The molecule has 3 rings (SSSR count). The van der Waals surface area contributed by atoms with Crippen LogP contribution in [0.4, 0.5) is 0 Å². The van der Waals surface area contributed by atoms with Gasteiger partial charge in [-0.2, -0.15) is 0 Å². The minimum absolute atomic E-state index is 0.346. The fraction of sp³-hybridized carbons (Fsp3) is 0.524. The zero-order valence-corrected chi connectivity index (χ0v) is 16.5. The summed E-state index contributed by atoms with van der Waals surface area (Å²) in [5, 5.41) is 14.7. The van der Waals surface area contributed by atoms with Crippen molar-refractivity contribution in [3.8, 4) is 5.75 Å². The molecule has 1 aliphatic rings. The van der Waals surface area contributed by atoms with Crippen LogP contribution < -0.4 is 15.0 Å². The summed E-state index contributed by atoms with van der Waals surface area (Å²) in [6, 6.07) is 14.7. The predicted octanol–water partition coefficient (Wildman–Crippen LogP) is 1.11. The molecule has 5 heteroatoms. The van der Waals surface area contributed by atoms with Crippen molar-refractivity contribution in [2.24, 2.45) is 5.92 Å². The van der Waals surface area contributed by atoms with Crippen molar-refractivity contribution in [1.29, 1.82) is 0 Å². The van der Waals surface area contributed by atoms with Gasteiger partial charge >= 0.3 is 0 Å². The summed E-state index contributed by atoms with van der Waals surface area (Å²) >= 11 is 1.86. The molecule has 1 aromatic carbocycles. The van der Waals surface area contributed by atoms with Gasteiger partial charge in [0, 0.05) is 0 Å². The Morgan fingerprint density at radius 2 is 1.92 bits per heavy atom. The second-order valence-electron chi connectivity index (χ2n) is 7.45. The Kier molecular flexibility index (Phi) is 7.50. The summed E-state index contributed by atoms with van der Waals surface area (Å²) in [4.78, 5) is 3.18. The monoisotopic (exact) mass is 376 g/mol. The molecule has 0 unspecified atom stereocenters. The van der Waals surface area contributed by atoms with Gasteiger partial charge in [0.2, 0.25) is 0 Å². The number of thiophene rings is 1. The lowest BCUT2D eigenvalue weighted by Crippen LogP contribution is -3.15. The maximum atomic E-state index is 10.2. The van der Waals surface area contributed by atoms with E-state index in [4.69, 9.17) is 4.74 Å². The highest BCUT2D eigenvalue weighted by molar-refractivity contribution is 7.10. The molecule has 2 atom stereocenters. The van der Waals surface area contributed by atoms with E-state index in [0.29, 0.717) is 19.2 Å². The molecule has 142 valence electrons. The molecule has 0 bridgehead atoms. The highest BCUT2D eigenvalue weighted by Gasteiger charge is 2.30. The second kappa shape index (κ2) is 10.1. The van der Waals surface area contributed by atoms with Crippen LogP contribution >= 0.6 is 11.3 Å². The Morgan fingerprint density at radius 1 is 1.15 bits per heavy atom. The van der Waals surface area contributed by atoms with Crippen LogP contribution in [-0.2, 0) is 0 Å². The number of quaternary nitrogens is 2. The number of para-hydroxylation sites is 1. The molecule has 0 spiro atoms. The molecule has 0 saturated carbocycles. The number of aliphatic hydroxyl groups excluding tert-OH is 1. The van der Waals surface area contributed by atoms with E-state index >= 15 is 0 Å². The van der Waals surface area contributed by atoms with Crippen LogP contribution in [0.2, 0.25) is 0 Å². The SMILES string of the molecule is CC1CC[NH+]([C@H](C[NH2+]C[C@@H](O)COc2ccccc2)c2cccs2)CC1. The van der Waals surface area contributed by atoms with Crippen molar-refractivity contribution >= 4 is 11.3 Å². The van der Waals surface area contributed by atoms with Crippen LogP contribution in [0.5, 0.6) is 5.75 Å². The van der Waals surface area contributed by atoms with Crippen molar-refractivity contribution in [2.75, 3.05) is 32.8 Å². The van der Waals surface area contributed by atoms with Crippen LogP contribution in [0.15, 0.2) is 47.8 Å². The first-order chi connectivity index (χ1) is 12.7. The number of piperidine rings is 1. The smallest absolute Gasteiger partial charge is 0.172 e. The van der Waals surface area contributed by atoms with Gasteiger partial charge in [-0.3, -0.25) is 0 Å². The number of rotatable bonds is 9. The fourth-order valence-corrected chi connectivity index (χ4v) is 4.59. The molecule has 1 saturated heterocycles. The first-order valence-electron chi connectivity index (χ1n) is 9.78. The van der Waals surface area contributed by atoms with E-state index in [0.717, 1.165) is 18.2 Å². The quantitative estimate of drug-likeness (QED) is 0.614. The van der Waals surface area contributed by atoms with E-state index in [1.165, 1.54) is 30.8 Å². The van der Waals surface area contributed by atoms with E-state index in [9.17, 15) is 5.11 Å². The fourth-order valence-electron chi connectivity index (χ4n) is 3.69. The summed E-state index contributed by atoms with van der Waals surface area (Å²) in [6.45, 7) is 6.93. The summed E-state index contributed by atoms with van der Waals surface area (Å²) in [5.74, 6) is 1.68. The Balaban J connectivity index is 1.45. The van der Waals surface area contributed by atoms with Gasteiger partial charge in [0.15, 0.2) is 6.04 Å². The summed E-state index contributed by atoms with van der Waals surface area (Å²) in [5.41, 5.74) is 0. The number of benzene rings is 1. The summed E-state index contributed by atoms with van der Waals surface area (Å²) < 4.78 is 5.65. The Labute approximate surface area is 160 Å². The lowest BCUT2D eigenvalue weighted by atomic mass is 9.97. The molecule has 1 aromatic heterocycles. The predicted molar refractivity (Wildman–Crippen MR) is 106 cm³/mol. The van der Waals surface area contributed by atoms with Crippen molar-refractivity contribution in [1.82, 2.24) is 0 Å². The number of hydrogen-bond donors (Lipinski definition) is 3. The molecule has 0 amide bonds.